The van der Waals surface area contributed by atoms with Gasteiger partial charge < -0.3 is 51.9 Å². The third kappa shape index (κ3) is 15.7. The van der Waals surface area contributed by atoms with Crippen molar-refractivity contribution in [3.63, 3.8) is 0 Å². The Labute approximate surface area is 330 Å². The summed E-state index contributed by atoms with van der Waals surface area (Å²) in [6.45, 7) is 24.4. The molecule has 2 aliphatic heterocycles. The maximum atomic E-state index is 6.35. The van der Waals surface area contributed by atoms with E-state index < -0.39 is 72.8 Å². The third-order valence-corrected chi connectivity index (χ3v) is 37.3. The van der Waals surface area contributed by atoms with Gasteiger partial charge in [-0.05, 0) is 113 Å². The summed E-state index contributed by atoms with van der Waals surface area (Å²) in [5, 5.41) is 0. The van der Waals surface area contributed by atoms with Gasteiger partial charge >= 0.3 is 17.1 Å². The second kappa shape index (κ2) is 21.8. The minimum atomic E-state index is -2.30. The van der Waals surface area contributed by atoms with Crippen LogP contribution in [-0.2, 0) is 47.8 Å². The lowest BCUT2D eigenvalue weighted by molar-refractivity contribution is 0.0994. The predicted octanol–water partition coefficient (Wildman–Crippen LogP) is 4.99. The van der Waals surface area contributed by atoms with Crippen molar-refractivity contribution < 1.29 is 51.9 Å². The predicted molar refractivity (Wildman–Crippen MR) is 226 cm³/mol. The molecule has 0 aromatic heterocycles. The summed E-state index contributed by atoms with van der Waals surface area (Å²) in [5.74, 6) is 1.66. The van der Waals surface area contributed by atoms with E-state index in [0.29, 0.717) is 39.6 Å². The first-order chi connectivity index (χ1) is 25.1. The highest BCUT2D eigenvalue weighted by Crippen LogP contribution is 2.33. The smallest absolute Gasteiger partial charge is 0.317 e. The highest BCUT2D eigenvalue weighted by Gasteiger charge is 2.40. The number of rotatable bonds is 18. The lowest BCUT2D eigenvalue weighted by atomic mass is 9.78. The van der Waals surface area contributed by atoms with Gasteiger partial charge in [0.15, 0.2) is 0 Å². The number of ether oxygens (including phenoxy) is 4. The first-order valence-electron chi connectivity index (χ1n) is 19.1. The van der Waals surface area contributed by atoms with Crippen LogP contribution in [0.15, 0.2) is 48.5 Å². The fraction of sp³-hybridized carbons (Fsp3) is 0.636. The summed E-state index contributed by atoms with van der Waals surface area (Å²) in [5.41, 5.74) is 2.23. The number of benzene rings is 2. The molecule has 0 aliphatic carbocycles. The Kier molecular flexibility index (Phi) is 18.5. The number of hydrogen-bond donors (Lipinski definition) is 0. The van der Waals surface area contributed by atoms with Crippen molar-refractivity contribution in [2.24, 2.45) is 0 Å². The van der Waals surface area contributed by atoms with Crippen LogP contribution in [0.4, 0.5) is 0 Å². The molecule has 0 bridgehead atoms. The first kappa shape index (κ1) is 45.1. The van der Waals surface area contributed by atoms with Crippen LogP contribution in [0.1, 0.15) is 37.8 Å². The van der Waals surface area contributed by atoms with Gasteiger partial charge in [-0.1, -0.05) is 38.1 Å². The van der Waals surface area contributed by atoms with Crippen molar-refractivity contribution in [1.82, 2.24) is 0 Å². The Morgan fingerprint density at radius 1 is 0.472 bits per heavy atom. The molecule has 53 heavy (non-hydrogen) atoms. The van der Waals surface area contributed by atoms with Crippen LogP contribution in [0.5, 0.6) is 11.5 Å². The molecule has 0 saturated carbocycles. The molecular weight excluding hydrogens is 813 g/mol. The molecular formula is C33H64O12Si8. The Morgan fingerprint density at radius 3 is 1.11 bits per heavy atom. The van der Waals surface area contributed by atoms with E-state index >= 15 is 0 Å². The molecule has 0 amide bonds. The molecule has 0 radical (unpaired) electrons. The van der Waals surface area contributed by atoms with Gasteiger partial charge in [0.1, 0.15) is 24.7 Å². The topological polar surface area (TPSA) is 111 Å². The summed E-state index contributed by atoms with van der Waals surface area (Å²) in [4.78, 5) is 0. The van der Waals surface area contributed by atoms with Gasteiger partial charge in [0.05, 0.1) is 13.2 Å². The molecule has 2 saturated heterocycles. The van der Waals surface area contributed by atoms with Gasteiger partial charge in [0, 0.05) is 18.6 Å². The number of hydrogen-bond acceptors (Lipinski definition) is 12. The molecule has 0 N–H and O–H groups in total. The Morgan fingerprint density at radius 2 is 0.792 bits per heavy atom. The molecule has 2 heterocycles. The average molecular weight is 878 g/mol. The lowest BCUT2D eigenvalue weighted by Crippen LogP contribution is -2.53. The largest absolute Gasteiger partial charge is 0.491 e. The summed E-state index contributed by atoms with van der Waals surface area (Å²) in [7, 11) is -14.7. The second-order valence-electron chi connectivity index (χ2n) is 14.5. The van der Waals surface area contributed by atoms with Gasteiger partial charge in [0.2, 0.25) is 0 Å². The molecule has 12 nitrogen and oxygen atoms in total. The van der Waals surface area contributed by atoms with Crippen molar-refractivity contribution in [3.05, 3.63) is 59.7 Å². The van der Waals surface area contributed by atoms with E-state index in [1.807, 2.05) is 24.3 Å². The van der Waals surface area contributed by atoms with E-state index in [4.69, 9.17) is 51.9 Å². The minimum absolute atomic E-state index is 0.186. The van der Waals surface area contributed by atoms with E-state index in [2.05, 4.69) is 90.5 Å². The first-order valence-corrected chi connectivity index (χ1v) is 36.7. The van der Waals surface area contributed by atoms with Crippen LogP contribution in [0.25, 0.3) is 0 Å². The van der Waals surface area contributed by atoms with Gasteiger partial charge in [-0.25, -0.2) is 0 Å². The molecule has 2 aliphatic rings. The Hall–Kier alpha value is -0.625. The van der Waals surface area contributed by atoms with Gasteiger partial charge in [-0.15, -0.1) is 0 Å². The van der Waals surface area contributed by atoms with Gasteiger partial charge in [-0.3, -0.25) is 0 Å². The molecule has 0 spiro atoms. The SMILES string of the molecule is C[SiH]1O[SiH](C)O[Si](C)(CCCOCCOc2ccc(C(C)(C)c3ccc(OCCOCCC[Si]4(C)O[SiH](C)O[SiH](C)O[SiH](C)O4)cc3)cc2)O[SiH](C)O1. The monoisotopic (exact) mass is 876 g/mol. The quantitative estimate of drug-likeness (QED) is 0.149. The minimum Gasteiger partial charge on any atom is -0.491 e. The second-order valence-corrected chi connectivity index (χ2v) is 35.0. The molecule has 4 rings (SSSR count). The van der Waals surface area contributed by atoms with E-state index in [1.165, 1.54) is 11.1 Å². The molecule has 2 aromatic carbocycles. The maximum absolute atomic E-state index is 6.35. The Balaban J connectivity index is 1.10. The van der Waals surface area contributed by atoms with E-state index in [1.54, 1.807) is 0 Å². The van der Waals surface area contributed by atoms with Crippen LogP contribution in [0, 0.1) is 0 Å². The summed E-state index contributed by atoms with van der Waals surface area (Å²) < 4.78 is 73.2. The van der Waals surface area contributed by atoms with E-state index in [0.717, 1.165) is 36.4 Å². The average Bonchev–Trinajstić information content (AvgIpc) is 3.06. The molecule has 4 unspecified atom stereocenters. The van der Waals surface area contributed by atoms with E-state index in [9.17, 15) is 0 Å². The fourth-order valence-corrected chi connectivity index (χ4v) is 36.0. The summed E-state index contributed by atoms with van der Waals surface area (Å²) >= 11 is 0. The molecule has 20 heteroatoms. The van der Waals surface area contributed by atoms with Crippen molar-refractivity contribution in [1.29, 1.82) is 0 Å². The molecule has 4 atom stereocenters. The van der Waals surface area contributed by atoms with Crippen LogP contribution in [0.3, 0.4) is 0 Å². The zero-order valence-corrected chi connectivity index (χ0v) is 42.5. The van der Waals surface area contributed by atoms with Crippen molar-refractivity contribution in [2.75, 3.05) is 39.6 Å². The van der Waals surface area contributed by atoms with Gasteiger partial charge in [-0.2, -0.15) is 0 Å². The molecule has 2 aromatic rings. The third-order valence-electron chi connectivity index (χ3n) is 9.18. The van der Waals surface area contributed by atoms with E-state index in [-0.39, 0.29) is 5.41 Å². The fourth-order valence-electron chi connectivity index (χ4n) is 6.68. The maximum Gasteiger partial charge on any atom is 0.317 e. The standard InChI is InChI=1S/C33H64O12Si8/c1-33(2,29-13-17-31(18-14-29)36-25-23-34-21-11-27-52(9)42-48(5)38-46(3)39-49(6)43-52)30-15-19-32(20-16-30)37-26-24-35-22-12-28-53(10)44-50(7)40-47(4)41-51(8)45-53/h13-20,46-51H,11-12,21-28H2,1-10H3. The van der Waals surface area contributed by atoms with Crippen LogP contribution in [0.2, 0.25) is 64.5 Å². The van der Waals surface area contributed by atoms with Crippen LogP contribution in [-0.4, -0.2) is 112 Å². The summed E-state index contributed by atoms with van der Waals surface area (Å²) in [6.07, 6.45) is 1.76. The molecule has 300 valence electrons. The molecule has 2 fully saturated rings. The highest BCUT2D eigenvalue weighted by atomic mass is 28.5. The zero-order chi connectivity index (χ0) is 38.5. The Bertz CT molecular complexity index is 1220. The lowest BCUT2D eigenvalue weighted by Gasteiger charge is -2.37. The highest BCUT2D eigenvalue weighted by molar-refractivity contribution is 6.82. The van der Waals surface area contributed by atoms with Crippen LogP contribution >= 0.6 is 0 Å². The van der Waals surface area contributed by atoms with Crippen LogP contribution < -0.4 is 9.47 Å². The van der Waals surface area contributed by atoms with Crippen molar-refractivity contribution >= 4 is 72.8 Å². The normalized spacial score (nSPS) is 30.2. The van der Waals surface area contributed by atoms with Gasteiger partial charge in [0.25, 0.3) is 55.7 Å². The van der Waals surface area contributed by atoms with Crippen molar-refractivity contribution in [2.45, 2.75) is 96.6 Å². The summed E-state index contributed by atoms with van der Waals surface area (Å²) in [6, 6.07) is 18.4. The van der Waals surface area contributed by atoms with Crippen molar-refractivity contribution in [3.8, 4) is 11.5 Å². The zero-order valence-electron chi connectivity index (χ0n) is 33.6.